The van der Waals surface area contributed by atoms with E-state index in [1.165, 1.54) is 0 Å². The van der Waals surface area contributed by atoms with Crippen molar-refractivity contribution in [3.63, 3.8) is 0 Å². The van der Waals surface area contributed by atoms with Gasteiger partial charge < -0.3 is 9.47 Å². The molecule has 0 aromatic rings. The average molecular weight is 173 g/mol. The van der Waals surface area contributed by atoms with Gasteiger partial charge in [-0.1, -0.05) is 0 Å². The lowest BCUT2D eigenvalue weighted by Gasteiger charge is -2.18. The molecule has 1 aliphatic rings. The fourth-order valence-electron chi connectivity index (χ4n) is 1.36. The molecule has 0 aliphatic carbocycles. The van der Waals surface area contributed by atoms with Gasteiger partial charge in [0.1, 0.15) is 0 Å². The van der Waals surface area contributed by atoms with Gasteiger partial charge in [0.2, 0.25) is 0 Å². The molecule has 3 heteroatoms. The molecule has 0 atom stereocenters. The van der Waals surface area contributed by atoms with Crippen molar-refractivity contribution in [2.75, 3.05) is 46.1 Å². The van der Waals surface area contributed by atoms with Gasteiger partial charge >= 0.3 is 0 Å². The van der Waals surface area contributed by atoms with E-state index in [4.69, 9.17) is 9.47 Å². The van der Waals surface area contributed by atoms with Gasteiger partial charge in [0.05, 0.1) is 13.2 Å². The number of rotatable bonds is 4. The lowest BCUT2D eigenvalue weighted by atomic mass is 10.4. The van der Waals surface area contributed by atoms with Crippen molar-refractivity contribution in [2.24, 2.45) is 0 Å². The highest BCUT2D eigenvalue weighted by Gasteiger charge is 2.07. The van der Waals surface area contributed by atoms with Crippen molar-refractivity contribution < 1.29 is 9.47 Å². The van der Waals surface area contributed by atoms with Gasteiger partial charge in [0, 0.05) is 32.8 Å². The maximum Gasteiger partial charge on any atom is 0.0593 e. The molecule has 12 heavy (non-hydrogen) atoms. The third-order valence-electron chi connectivity index (χ3n) is 2.07. The Kier molecular flexibility index (Phi) is 5.32. The molecule has 0 spiro atoms. The Morgan fingerprint density at radius 2 is 2.25 bits per heavy atom. The zero-order chi connectivity index (χ0) is 8.65. The fourth-order valence-corrected chi connectivity index (χ4v) is 1.36. The minimum atomic E-state index is 0.824. The Hall–Kier alpha value is -0.120. The molecule has 0 aromatic carbocycles. The van der Waals surface area contributed by atoms with Crippen LogP contribution in [0.25, 0.3) is 0 Å². The van der Waals surface area contributed by atoms with Crippen molar-refractivity contribution in [1.82, 2.24) is 4.90 Å². The van der Waals surface area contributed by atoms with Gasteiger partial charge in [-0.15, -0.1) is 0 Å². The van der Waals surface area contributed by atoms with Crippen LogP contribution in [-0.4, -0.2) is 51.0 Å². The SMILES string of the molecule is CCOCCN1CCCOCC1. The second kappa shape index (κ2) is 6.40. The van der Waals surface area contributed by atoms with Crippen LogP contribution in [0, 0.1) is 0 Å². The predicted octanol–water partition coefficient (Wildman–Crippen LogP) is 0.745. The molecule has 1 saturated heterocycles. The monoisotopic (exact) mass is 173 g/mol. The molecule has 0 saturated carbocycles. The van der Waals surface area contributed by atoms with Gasteiger partial charge in [-0.05, 0) is 13.3 Å². The van der Waals surface area contributed by atoms with Crippen LogP contribution in [0.3, 0.4) is 0 Å². The minimum Gasteiger partial charge on any atom is -0.380 e. The van der Waals surface area contributed by atoms with Crippen LogP contribution in [0.1, 0.15) is 13.3 Å². The summed E-state index contributed by atoms with van der Waals surface area (Å²) < 4.78 is 10.6. The molecule has 1 rings (SSSR count). The molecule has 1 heterocycles. The Bertz CT molecular complexity index is 101. The van der Waals surface area contributed by atoms with E-state index in [1.54, 1.807) is 0 Å². The van der Waals surface area contributed by atoms with Crippen LogP contribution in [0.15, 0.2) is 0 Å². The van der Waals surface area contributed by atoms with Crippen LogP contribution < -0.4 is 0 Å². The van der Waals surface area contributed by atoms with E-state index in [0.29, 0.717) is 0 Å². The molecule has 0 unspecified atom stereocenters. The molecular weight excluding hydrogens is 154 g/mol. The highest BCUT2D eigenvalue weighted by Crippen LogP contribution is 1.98. The first kappa shape index (κ1) is 9.96. The van der Waals surface area contributed by atoms with E-state index >= 15 is 0 Å². The summed E-state index contributed by atoms with van der Waals surface area (Å²) >= 11 is 0. The van der Waals surface area contributed by atoms with Crippen LogP contribution in [0.5, 0.6) is 0 Å². The summed E-state index contributed by atoms with van der Waals surface area (Å²) in [4.78, 5) is 2.41. The van der Waals surface area contributed by atoms with E-state index in [2.05, 4.69) is 4.90 Å². The van der Waals surface area contributed by atoms with Crippen LogP contribution in [0.4, 0.5) is 0 Å². The molecule has 0 radical (unpaired) electrons. The normalized spacial score (nSPS) is 20.8. The van der Waals surface area contributed by atoms with Gasteiger partial charge in [-0.25, -0.2) is 0 Å². The Balaban J connectivity index is 2.04. The second-order valence-corrected chi connectivity index (χ2v) is 3.00. The Morgan fingerprint density at radius 3 is 3.08 bits per heavy atom. The topological polar surface area (TPSA) is 21.7 Å². The van der Waals surface area contributed by atoms with Crippen molar-refractivity contribution in [3.05, 3.63) is 0 Å². The first-order chi connectivity index (χ1) is 5.93. The highest BCUT2D eigenvalue weighted by atomic mass is 16.5. The first-order valence-corrected chi connectivity index (χ1v) is 4.81. The second-order valence-electron chi connectivity index (χ2n) is 3.00. The predicted molar refractivity (Wildman–Crippen MR) is 48.4 cm³/mol. The highest BCUT2D eigenvalue weighted by molar-refractivity contribution is 4.60. The van der Waals surface area contributed by atoms with Gasteiger partial charge in [-0.3, -0.25) is 4.90 Å². The molecule has 1 fully saturated rings. The first-order valence-electron chi connectivity index (χ1n) is 4.81. The zero-order valence-electron chi connectivity index (χ0n) is 7.92. The van der Waals surface area contributed by atoms with Crippen molar-refractivity contribution in [2.45, 2.75) is 13.3 Å². The summed E-state index contributed by atoms with van der Waals surface area (Å²) in [5.74, 6) is 0. The molecule has 1 aliphatic heterocycles. The van der Waals surface area contributed by atoms with Crippen LogP contribution in [-0.2, 0) is 9.47 Å². The average Bonchev–Trinajstić information content (AvgIpc) is 2.33. The smallest absolute Gasteiger partial charge is 0.0593 e. The third-order valence-corrected chi connectivity index (χ3v) is 2.07. The van der Waals surface area contributed by atoms with E-state index in [0.717, 1.165) is 52.5 Å². The number of nitrogens with zero attached hydrogens (tertiary/aromatic N) is 1. The summed E-state index contributed by atoms with van der Waals surface area (Å²) in [6.45, 7) is 8.79. The largest absolute Gasteiger partial charge is 0.380 e. The van der Waals surface area contributed by atoms with Crippen molar-refractivity contribution in [3.8, 4) is 0 Å². The lowest BCUT2D eigenvalue weighted by Crippen LogP contribution is -2.29. The van der Waals surface area contributed by atoms with Crippen LogP contribution >= 0.6 is 0 Å². The molecule has 0 bridgehead atoms. The maximum atomic E-state index is 5.35. The molecule has 0 amide bonds. The van der Waals surface area contributed by atoms with Crippen LogP contribution in [0.2, 0.25) is 0 Å². The lowest BCUT2D eigenvalue weighted by molar-refractivity contribution is 0.106. The zero-order valence-corrected chi connectivity index (χ0v) is 7.92. The standard InChI is InChI=1S/C9H19NO2/c1-2-11-8-5-10-4-3-7-12-9-6-10/h2-9H2,1H3. The molecule has 3 nitrogen and oxygen atoms in total. The minimum absolute atomic E-state index is 0.824. The van der Waals surface area contributed by atoms with Gasteiger partial charge in [0.25, 0.3) is 0 Å². The molecular formula is C9H19NO2. The summed E-state index contributed by atoms with van der Waals surface area (Å²) in [6, 6.07) is 0. The van der Waals surface area contributed by atoms with E-state index in [9.17, 15) is 0 Å². The number of ether oxygens (including phenoxy) is 2. The third kappa shape index (κ3) is 4.04. The van der Waals surface area contributed by atoms with Gasteiger partial charge in [0.15, 0.2) is 0 Å². The quantitative estimate of drug-likeness (QED) is 0.585. The number of hydrogen-bond acceptors (Lipinski definition) is 3. The molecule has 0 aromatic heterocycles. The molecule has 72 valence electrons. The molecule has 0 N–H and O–H groups in total. The number of hydrogen-bond donors (Lipinski definition) is 0. The summed E-state index contributed by atoms with van der Waals surface area (Å²) in [5, 5.41) is 0. The maximum absolute atomic E-state index is 5.35. The fraction of sp³-hybridized carbons (Fsp3) is 1.00. The Labute approximate surface area is 74.6 Å². The summed E-state index contributed by atoms with van der Waals surface area (Å²) in [7, 11) is 0. The summed E-state index contributed by atoms with van der Waals surface area (Å²) in [5.41, 5.74) is 0. The van der Waals surface area contributed by atoms with E-state index < -0.39 is 0 Å². The van der Waals surface area contributed by atoms with Crippen molar-refractivity contribution >= 4 is 0 Å². The van der Waals surface area contributed by atoms with Crippen molar-refractivity contribution in [1.29, 1.82) is 0 Å². The Morgan fingerprint density at radius 1 is 1.33 bits per heavy atom. The van der Waals surface area contributed by atoms with E-state index in [-0.39, 0.29) is 0 Å². The van der Waals surface area contributed by atoms with Gasteiger partial charge in [-0.2, -0.15) is 0 Å². The summed E-state index contributed by atoms with van der Waals surface area (Å²) in [6.07, 6.45) is 1.16. The van der Waals surface area contributed by atoms with E-state index in [1.807, 2.05) is 6.92 Å².